The molecule has 0 atom stereocenters. The van der Waals surface area contributed by atoms with Gasteiger partial charge in [0.15, 0.2) is 5.01 Å². The van der Waals surface area contributed by atoms with Crippen molar-refractivity contribution in [3.8, 4) is 0 Å². The van der Waals surface area contributed by atoms with Crippen LogP contribution < -0.4 is 5.32 Å². The molecular formula is C18H11ClF3N3OS. The number of carbonyl (C=O) groups is 1. The number of aromatic nitrogens is 2. The molecule has 9 heteroatoms. The Bertz CT molecular complexity index is 1010. The quantitative estimate of drug-likeness (QED) is 0.668. The summed E-state index contributed by atoms with van der Waals surface area (Å²) in [6, 6.07) is 8.66. The second kappa shape index (κ2) is 8.32. The van der Waals surface area contributed by atoms with Crippen LogP contribution >= 0.6 is 22.9 Å². The third kappa shape index (κ3) is 4.93. The van der Waals surface area contributed by atoms with Gasteiger partial charge < -0.3 is 5.32 Å². The van der Waals surface area contributed by atoms with Gasteiger partial charge in [0, 0.05) is 12.1 Å². The third-order valence-corrected chi connectivity index (χ3v) is 4.79. The normalized spacial score (nSPS) is 11.5. The number of benzene rings is 2. The van der Waals surface area contributed by atoms with E-state index in [9.17, 15) is 18.0 Å². The Kier molecular flexibility index (Phi) is 5.88. The zero-order valence-electron chi connectivity index (χ0n) is 13.5. The topological polar surface area (TPSA) is 54.9 Å². The molecule has 0 aliphatic heterocycles. The highest BCUT2D eigenvalue weighted by Gasteiger charge is 2.15. The number of halogens is 4. The number of amides is 1. The molecular weight excluding hydrogens is 399 g/mol. The van der Waals surface area contributed by atoms with Crippen LogP contribution in [0.25, 0.3) is 11.1 Å². The SMILES string of the molecule is O=C(NCc1ccc(F)cc1)c1nnc(/C(Cl)=C/c2cc(F)ccc2F)s1. The van der Waals surface area contributed by atoms with Gasteiger partial charge in [0.05, 0.1) is 5.03 Å². The summed E-state index contributed by atoms with van der Waals surface area (Å²) in [4.78, 5) is 12.1. The van der Waals surface area contributed by atoms with Gasteiger partial charge in [0.1, 0.15) is 17.5 Å². The third-order valence-electron chi connectivity index (χ3n) is 3.43. The van der Waals surface area contributed by atoms with Crippen molar-refractivity contribution < 1.29 is 18.0 Å². The smallest absolute Gasteiger partial charge is 0.282 e. The number of nitrogens with zero attached hydrogens (tertiary/aromatic N) is 2. The van der Waals surface area contributed by atoms with Gasteiger partial charge in [-0.25, -0.2) is 13.2 Å². The van der Waals surface area contributed by atoms with Crippen molar-refractivity contribution >= 4 is 40.0 Å². The predicted molar refractivity (Wildman–Crippen MR) is 97.6 cm³/mol. The first-order chi connectivity index (χ1) is 12.9. The Morgan fingerprint density at radius 1 is 1.04 bits per heavy atom. The summed E-state index contributed by atoms with van der Waals surface area (Å²) in [7, 11) is 0. The van der Waals surface area contributed by atoms with E-state index in [-0.39, 0.29) is 33.0 Å². The fraction of sp³-hybridized carbons (Fsp3) is 0.0556. The van der Waals surface area contributed by atoms with Crippen LogP contribution in [0.1, 0.15) is 25.9 Å². The maximum atomic E-state index is 13.7. The Morgan fingerprint density at radius 3 is 2.44 bits per heavy atom. The van der Waals surface area contributed by atoms with E-state index >= 15 is 0 Å². The van der Waals surface area contributed by atoms with Crippen LogP contribution in [0.5, 0.6) is 0 Å². The van der Waals surface area contributed by atoms with Gasteiger partial charge in [-0.3, -0.25) is 4.79 Å². The number of hydrogen-bond acceptors (Lipinski definition) is 4. The summed E-state index contributed by atoms with van der Waals surface area (Å²) in [6.45, 7) is 0.187. The van der Waals surface area contributed by atoms with Crippen molar-refractivity contribution in [3.05, 3.63) is 81.1 Å². The van der Waals surface area contributed by atoms with Crippen LogP contribution in [0.3, 0.4) is 0 Å². The minimum atomic E-state index is -0.642. The Balaban J connectivity index is 1.69. The molecule has 27 heavy (non-hydrogen) atoms. The van der Waals surface area contributed by atoms with Gasteiger partial charge in [-0.15, -0.1) is 10.2 Å². The molecule has 3 aromatic rings. The summed E-state index contributed by atoms with van der Waals surface area (Å²) in [6.07, 6.45) is 1.21. The largest absolute Gasteiger partial charge is 0.346 e. The van der Waals surface area contributed by atoms with Crippen LogP contribution in [-0.4, -0.2) is 16.1 Å². The van der Waals surface area contributed by atoms with E-state index in [4.69, 9.17) is 11.6 Å². The highest BCUT2D eigenvalue weighted by molar-refractivity contribution is 7.15. The Labute approximate surface area is 161 Å². The first-order valence-electron chi connectivity index (χ1n) is 7.61. The van der Waals surface area contributed by atoms with Crippen molar-refractivity contribution in [1.82, 2.24) is 15.5 Å². The second-order valence-corrected chi connectivity index (χ2v) is 6.76. The number of carbonyl (C=O) groups excluding carboxylic acids is 1. The van der Waals surface area contributed by atoms with Crippen LogP contribution in [0.2, 0.25) is 0 Å². The van der Waals surface area contributed by atoms with Crippen LogP contribution in [0.4, 0.5) is 13.2 Å². The van der Waals surface area contributed by atoms with E-state index in [2.05, 4.69) is 15.5 Å². The minimum Gasteiger partial charge on any atom is -0.346 e. The molecule has 3 rings (SSSR count). The van der Waals surface area contributed by atoms with Crippen molar-refractivity contribution in [2.24, 2.45) is 0 Å². The molecule has 1 heterocycles. The monoisotopic (exact) mass is 409 g/mol. The molecule has 1 N–H and O–H groups in total. The maximum Gasteiger partial charge on any atom is 0.282 e. The second-order valence-electron chi connectivity index (χ2n) is 5.38. The highest BCUT2D eigenvalue weighted by Crippen LogP contribution is 2.26. The lowest BCUT2D eigenvalue weighted by Crippen LogP contribution is -2.22. The van der Waals surface area contributed by atoms with Gasteiger partial charge in [-0.05, 0) is 42.0 Å². The number of rotatable bonds is 5. The Morgan fingerprint density at radius 2 is 1.70 bits per heavy atom. The first-order valence-corrected chi connectivity index (χ1v) is 8.80. The molecule has 0 aliphatic rings. The molecule has 2 aromatic carbocycles. The fourth-order valence-corrected chi connectivity index (χ4v) is 3.03. The van der Waals surface area contributed by atoms with Gasteiger partial charge in [0.25, 0.3) is 5.91 Å². The lowest BCUT2D eigenvalue weighted by Gasteiger charge is -2.02. The molecule has 0 saturated carbocycles. The molecule has 0 spiro atoms. The van der Waals surface area contributed by atoms with Crippen LogP contribution in [0.15, 0.2) is 42.5 Å². The zero-order valence-corrected chi connectivity index (χ0v) is 15.1. The summed E-state index contributed by atoms with van der Waals surface area (Å²) in [5, 5.41) is 10.4. The first kappa shape index (κ1) is 19.1. The highest BCUT2D eigenvalue weighted by atomic mass is 35.5. The summed E-state index contributed by atoms with van der Waals surface area (Å²) >= 11 is 6.99. The lowest BCUT2D eigenvalue weighted by molar-refractivity contribution is 0.0950. The van der Waals surface area contributed by atoms with E-state index in [1.54, 1.807) is 12.1 Å². The van der Waals surface area contributed by atoms with Crippen LogP contribution in [-0.2, 0) is 6.54 Å². The summed E-state index contributed by atoms with van der Waals surface area (Å²) in [5.74, 6) is -2.10. The molecule has 1 aromatic heterocycles. The fourth-order valence-electron chi connectivity index (χ4n) is 2.10. The lowest BCUT2D eigenvalue weighted by atomic mass is 10.2. The van der Waals surface area contributed by atoms with E-state index < -0.39 is 17.5 Å². The zero-order chi connectivity index (χ0) is 19.4. The van der Waals surface area contributed by atoms with Gasteiger partial charge >= 0.3 is 0 Å². The van der Waals surface area contributed by atoms with Crippen LogP contribution in [0, 0.1) is 17.5 Å². The maximum absolute atomic E-state index is 13.7. The number of nitrogens with one attached hydrogen (secondary N) is 1. The minimum absolute atomic E-state index is 0.0228. The average Bonchev–Trinajstić information content (AvgIpc) is 3.14. The summed E-state index contributed by atoms with van der Waals surface area (Å²) in [5.41, 5.74) is 0.673. The molecule has 0 saturated heterocycles. The van der Waals surface area contributed by atoms with Crippen molar-refractivity contribution in [3.63, 3.8) is 0 Å². The van der Waals surface area contributed by atoms with E-state index in [0.717, 1.165) is 29.5 Å². The van der Waals surface area contributed by atoms with Crippen molar-refractivity contribution in [1.29, 1.82) is 0 Å². The predicted octanol–water partition coefficient (Wildman–Crippen LogP) is 4.62. The van der Waals surface area contributed by atoms with E-state index in [1.165, 1.54) is 18.2 Å². The summed E-state index contributed by atoms with van der Waals surface area (Å²) < 4.78 is 39.8. The molecule has 4 nitrogen and oxygen atoms in total. The standard InChI is InChI=1S/C18H11ClF3N3OS/c19-14(8-11-7-13(21)5-6-15(11)22)17-24-25-18(27-17)16(26)23-9-10-1-3-12(20)4-2-10/h1-8H,9H2,(H,23,26)/b14-8-. The van der Waals surface area contributed by atoms with Crippen molar-refractivity contribution in [2.75, 3.05) is 0 Å². The average molecular weight is 410 g/mol. The van der Waals surface area contributed by atoms with Gasteiger partial charge in [0.2, 0.25) is 5.01 Å². The van der Waals surface area contributed by atoms with Gasteiger partial charge in [-0.1, -0.05) is 35.1 Å². The molecule has 0 fully saturated rings. The molecule has 0 unspecified atom stereocenters. The van der Waals surface area contributed by atoms with E-state index in [0.29, 0.717) is 5.56 Å². The Hall–Kier alpha value is -2.71. The molecule has 0 radical (unpaired) electrons. The molecule has 0 aliphatic carbocycles. The van der Waals surface area contributed by atoms with Crippen molar-refractivity contribution in [2.45, 2.75) is 6.54 Å². The molecule has 138 valence electrons. The molecule has 1 amide bonds. The van der Waals surface area contributed by atoms with E-state index in [1.807, 2.05) is 0 Å². The van der Waals surface area contributed by atoms with Gasteiger partial charge in [-0.2, -0.15) is 0 Å². The molecule has 0 bridgehead atoms. The number of hydrogen-bond donors (Lipinski definition) is 1.